The van der Waals surface area contributed by atoms with Crippen LogP contribution < -0.4 is 5.32 Å². The van der Waals surface area contributed by atoms with Crippen LogP contribution in [0.15, 0.2) is 30.3 Å². The first-order valence-electron chi connectivity index (χ1n) is 10.8. The van der Waals surface area contributed by atoms with E-state index < -0.39 is 5.54 Å². The van der Waals surface area contributed by atoms with Gasteiger partial charge < -0.3 is 10.2 Å². The second-order valence-electron chi connectivity index (χ2n) is 10.2. The second kappa shape index (κ2) is 7.40. The van der Waals surface area contributed by atoms with E-state index in [-0.39, 0.29) is 23.4 Å². The molecule has 0 radical (unpaired) electrons. The van der Waals surface area contributed by atoms with Crippen LogP contribution in [0.4, 0.5) is 4.79 Å². The number of hydrogen-bond donors (Lipinski definition) is 1. The van der Waals surface area contributed by atoms with Crippen LogP contribution in [0.3, 0.4) is 0 Å². The first-order valence-corrected chi connectivity index (χ1v) is 10.8. The Hall–Kier alpha value is -1.92. The van der Waals surface area contributed by atoms with Crippen LogP contribution in [0, 0.1) is 11.3 Å². The van der Waals surface area contributed by atoms with Gasteiger partial charge in [0.1, 0.15) is 5.54 Å². The van der Waals surface area contributed by atoms with Crippen LogP contribution >= 0.6 is 0 Å². The highest BCUT2D eigenvalue weighted by molar-refractivity contribution is 6.07. The number of amides is 3. The van der Waals surface area contributed by atoms with Crippen LogP contribution in [-0.2, 0) is 4.79 Å². The van der Waals surface area contributed by atoms with Gasteiger partial charge in [0, 0.05) is 25.7 Å². The molecule has 3 aliphatic rings. The fourth-order valence-electron chi connectivity index (χ4n) is 5.93. The Labute approximate surface area is 174 Å². The summed E-state index contributed by atoms with van der Waals surface area (Å²) < 4.78 is 0. The van der Waals surface area contributed by atoms with Gasteiger partial charge in [0.2, 0.25) is 0 Å². The maximum Gasteiger partial charge on any atom is 0.326 e. The SMILES string of the molecule is CC1CC(C)(C)CC2(C1)NC(=O)N(CN1CCN(C)CC1c1ccccc1)C2=O. The molecular weight excluding hydrogens is 364 g/mol. The molecule has 6 heteroatoms. The Morgan fingerprint density at radius 1 is 1.10 bits per heavy atom. The molecule has 0 aromatic heterocycles. The normalized spacial score (nSPS) is 33.3. The van der Waals surface area contributed by atoms with E-state index in [0.29, 0.717) is 12.6 Å². The van der Waals surface area contributed by atoms with E-state index in [9.17, 15) is 9.59 Å². The van der Waals surface area contributed by atoms with E-state index >= 15 is 0 Å². The molecular formula is C23H34N4O2. The van der Waals surface area contributed by atoms with Crippen LogP contribution in [-0.4, -0.2) is 65.5 Å². The molecule has 3 amide bonds. The molecule has 2 aliphatic heterocycles. The van der Waals surface area contributed by atoms with Gasteiger partial charge in [-0.15, -0.1) is 0 Å². The van der Waals surface area contributed by atoms with E-state index in [4.69, 9.17) is 0 Å². The lowest BCUT2D eigenvalue weighted by Crippen LogP contribution is -2.55. The average molecular weight is 399 g/mol. The molecule has 2 saturated heterocycles. The third-order valence-electron chi connectivity index (χ3n) is 6.83. The fourth-order valence-corrected chi connectivity index (χ4v) is 5.93. The van der Waals surface area contributed by atoms with E-state index in [1.54, 1.807) is 0 Å². The predicted octanol–water partition coefficient (Wildman–Crippen LogP) is 3.07. The zero-order valence-corrected chi connectivity index (χ0v) is 18.1. The number of likely N-dealkylation sites (N-methyl/N-ethyl adjacent to an activating group) is 1. The maximum absolute atomic E-state index is 13.5. The molecule has 4 rings (SSSR count). The highest BCUT2D eigenvalue weighted by atomic mass is 16.2. The summed E-state index contributed by atoms with van der Waals surface area (Å²) in [6, 6.07) is 10.3. The van der Waals surface area contributed by atoms with Crippen molar-refractivity contribution < 1.29 is 9.59 Å². The van der Waals surface area contributed by atoms with Crippen molar-refractivity contribution in [3.8, 4) is 0 Å². The average Bonchev–Trinajstić information content (AvgIpc) is 2.85. The van der Waals surface area contributed by atoms with Crippen molar-refractivity contribution in [3.63, 3.8) is 0 Å². The number of hydrogen-bond acceptors (Lipinski definition) is 4. The molecule has 1 spiro atoms. The Bertz CT molecular complexity index is 780. The van der Waals surface area contributed by atoms with E-state index in [0.717, 1.165) is 38.9 Å². The highest BCUT2D eigenvalue weighted by Gasteiger charge is 2.56. The standard InChI is InChI=1S/C23H34N4O2/c1-17-12-22(2,3)15-23(13-17)20(28)27(21(29)24-23)16-26-11-10-25(4)14-19(26)18-8-6-5-7-9-18/h5-9,17,19H,10-16H2,1-4H3,(H,24,29). The molecule has 6 nitrogen and oxygen atoms in total. The summed E-state index contributed by atoms with van der Waals surface area (Å²) in [4.78, 5) is 32.5. The van der Waals surface area contributed by atoms with Gasteiger partial charge >= 0.3 is 6.03 Å². The molecule has 1 aromatic carbocycles. The molecule has 158 valence electrons. The van der Waals surface area contributed by atoms with Crippen molar-refractivity contribution in [2.24, 2.45) is 11.3 Å². The Kier molecular flexibility index (Phi) is 5.20. The number of carbonyl (C=O) groups excluding carboxylic acids is 2. The lowest BCUT2D eigenvalue weighted by atomic mass is 9.64. The molecule has 2 heterocycles. The first-order chi connectivity index (χ1) is 13.7. The minimum Gasteiger partial charge on any atom is -0.323 e. The number of carbonyl (C=O) groups is 2. The lowest BCUT2D eigenvalue weighted by molar-refractivity contribution is -0.137. The van der Waals surface area contributed by atoms with Crippen molar-refractivity contribution in [2.45, 2.75) is 51.6 Å². The number of urea groups is 1. The Balaban J connectivity index is 1.55. The summed E-state index contributed by atoms with van der Waals surface area (Å²) in [5, 5.41) is 3.11. The summed E-state index contributed by atoms with van der Waals surface area (Å²) >= 11 is 0. The van der Waals surface area contributed by atoms with E-state index in [2.05, 4.69) is 67.2 Å². The summed E-state index contributed by atoms with van der Waals surface area (Å²) in [6.45, 7) is 9.62. The van der Waals surface area contributed by atoms with Gasteiger partial charge in [-0.1, -0.05) is 51.1 Å². The largest absolute Gasteiger partial charge is 0.326 e. The van der Waals surface area contributed by atoms with Crippen LogP contribution in [0.2, 0.25) is 0 Å². The van der Waals surface area contributed by atoms with E-state index in [1.807, 2.05) is 6.07 Å². The molecule has 1 aliphatic carbocycles. The number of imide groups is 1. The van der Waals surface area contributed by atoms with Gasteiger partial charge in [0.05, 0.1) is 6.67 Å². The van der Waals surface area contributed by atoms with Gasteiger partial charge in [-0.25, -0.2) is 9.69 Å². The van der Waals surface area contributed by atoms with Gasteiger partial charge in [-0.3, -0.25) is 9.69 Å². The van der Waals surface area contributed by atoms with Crippen molar-refractivity contribution in [3.05, 3.63) is 35.9 Å². The quantitative estimate of drug-likeness (QED) is 0.795. The van der Waals surface area contributed by atoms with Crippen molar-refractivity contribution in [1.82, 2.24) is 20.0 Å². The van der Waals surface area contributed by atoms with Crippen molar-refractivity contribution in [1.29, 1.82) is 0 Å². The molecule has 1 N–H and O–H groups in total. The number of piperazine rings is 1. The van der Waals surface area contributed by atoms with Crippen molar-refractivity contribution in [2.75, 3.05) is 33.4 Å². The minimum atomic E-state index is -0.729. The third-order valence-corrected chi connectivity index (χ3v) is 6.83. The summed E-state index contributed by atoms with van der Waals surface area (Å²) in [5.74, 6) is 0.386. The predicted molar refractivity (Wildman–Crippen MR) is 113 cm³/mol. The Morgan fingerprint density at radius 3 is 2.52 bits per heavy atom. The molecule has 3 fully saturated rings. The summed E-state index contributed by atoms with van der Waals surface area (Å²) in [6.07, 6.45) is 2.55. The number of rotatable bonds is 3. The van der Waals surface area contributed by atoms with Crippen LogP contribution in [0.1, 0.15) is 51.6 Å². The molecule has 29 heavy (non-hydrogen) atoms. The van der Waals surface area contributed by atoms with Gasteiger partial charge in [0.25, 0.3) is 5.91 Å². The summed E-state index contributed by atoms with van der Waals surface area (Å²) in [5.41, 5.74) is 0.553. The molecule has 1 saturated carbocycles. The van der Waals surface area contributed by atoms with E-state index in [1.165, 1.54) is 10.5 Å². The molecule has 1 aromatic rings. The second-order valence-corrected chi connectivity index (χ2v) is 10.2. The smallest absolute Gasteiger partial charge is 0.323 e. The topological polar surface area (TPSA) is 55.9 Å². The fraction of sp³-hybridized carbons (Fsp3) is 0.652. The maximum atomic E-state index is 13.5. The van der Waals surface area contributed by atoms with Gasteiger partial charge in [-0.2, -0.15) is 0 Å². The summed E-state index contributed by atoms with van der Waals surface area (Å²) in [7, 11) is 2.13. The van der Waals surface area contributed by atoms with Crippen LogP contribution in [0.25, 0.3) is 0 Å². The van der Waals surface area contributed by atoms with Gasteiger partial charge in [0.15, 0.2) is 0 Å². The molecule has 0 bridgehead atoms. The number of benzene rings is 1. The van der Waals surface area contributed by atoms with Crippen LogP contribution in [0.5, 0.6) is 0 Å². The number of nitrogens with one attached hydrogen (secondary N) is 1. The molecule has 3 atom stereocenters. The first kappa shape index (κ1) is 20.4. The van der Waals surface area contributed by atoms with Gasteiger partial charge in [-0.05, 0) is 43.2 Å². The zero-order valence-electron chi connectivity index (χ0n) is 18.1. The zero-order chi connectivity index (χ0) is 20.8. The highest BCUT2D eigenvalue weighted by Crippen LogP contribution is 2.46. The Morgan fingerprint density at radius 2 is 1.83 bits per heavy atom. The number of nitrogens with zero attached hydrogens (tertiary/aromatic N) is 3. The third kappa shape index (κ3) is 3.92. The molecule has 3 unspecified atom stereocenters. The lowest BCUT2D eigenvalue weighted by Gasteiger charge is -2.44. The van der Waals surface area contributed by atoms with Crippen molar-refractivity contribution >= 4 is 11.9 Å². The minimum absolute atomic E-state index is 0.0344. The monoisotopic (exact) mass is 398 g/mol.